The lowest BCUT2D eigenvalue weighted by atomic mass is 9.89. The summed E-state index contributed by atoms with van der Waals surface area (Å²) in [6.45, 7) is 2.05. The van der Waals surface area contributed by atoms with Crippen LogP contribution in [0, 0.1) is 5.92 Å². The summed E-state index contributed by atoms with van der Waals surface area (Å²) in [5.74, 6) is 0.874. The molecule has 3 rings (SSSR count). The Labute approximate surface area is 127 Å². The number of para-hydroxylation sites is 1. The fraction of sp³-hybridized carbons (Fsp3) is 0.556. The van der Waals surface area contributed by atoms with Crippen LogP contribution in [0.4, 0.5) is 0 Å². The van der Waals surface area contributed by atoms with E-state index in [1.165, 1.54) is 48.6 Å². The summed E-state index contributed by atoms with van der Waals surface area (Å²) in [6, 6.07) is 8.63. The maximum Gasteiger partial charge on any atom is 0.0456 e. The molecule has 0 bridgehead atoms. The third kappa shape index (κ3) is 3.86. The maximum absolute atomic E-state index is 6.30. The largest absolute Gasteiger partial charge is 0.361 e. The van der Waals surface area contributed by atoms with Gasteiger partial charge in [0.2, 0.25) is 0 Å². The molecule has 1 atom stereocenters. The van der Waals surface area contributed by atoms with E-state index >= 15 is 0 Å². The normalized spacial score (nSPS) is 18.1. The quantitative estimate of drug-likeness (QED) is 0.763. The van der Waals surface area contributed by atoms with Gasteiger partial charge in [-0.15, -0.1) is 0 Å². The molecule has 0 saturated heterocycles. The van der Waals surface area contributed by atoms with Crippen molar-refractivity contribution in [2.24, 2.45) is 11.7 Å². The summed E-state index contributed by atoms with van der Waals surface area (Å²) >= 11 is 0. The summed E-state index contributed by atoms with van der Waals surface area (Å²) in [5.41, 5.74) is 8.83. The highest BCUT2D eigenvalue weighted by Gasteiger charge is 2.14. The highest BCUT2D eigenvalue weighted by atomic mass is 14.9. The highest BCUT2D eigenvalue weighted by Crippen LogP contribution is 2.22. The molecule has 3 heteroatoms. The molecular formula is C18H27N3. The van der Waals surface area contributed by atoms with Gasteiger partial charge in [-0.2, -0.15) is 0 Å². The van der Waals surface area contributed by atoms with E-state index in [9.17, 15) is 0 Å². The minimum atomic E-state index is 0.188. The smallest absolute Gasteiger partial charge is 0.0456 e. The van der Waals surface area contributed by atoms with Crippen LogP contribution in [0.15, 0.2) is 30.5 Å². The second-order valence-corrected chi connectivity index (χ2v) is 6.49. The van der Waals surface area contributed by atoms with Gasteiger partial charge >= 0.3 is 0 Å². The fourth-order valence-corrected chi connectivity index (χ4v) is 3.52. The van der Waals surface area contributed by atoms with Crippen molar-refractivity contribution in [2.45, 2.75) is 44.6 Å². The second-order valence-electron chi connectivity index (χ2n) is 6.49. The fourth-order valence-electron chi connectivity index (χ4n) is 3.52. The number of fused-ring (bicyclic) bond motifs is 1. The molecule has 4 N–H and O–H groups in total. The Kier molecular flexibility index (Phi) is 4.94. The van der Waals surface area contributed by atoms with Crippen LogP contribution in [0.2, 0.25) is 0 Å². The topological polar surface area (TPSA) is 53.8 Å². The lowest BCUT2D eigenvalue weighted by Crippen LogP contribution is -2.37. The van der Waals surface area contributed by atoms with Gasteiger partial charge < -0.3 is 16.0 Å². The number of hydrogen-bond donors (Lipinski definition) is 3. The predicted molar refractivity (Wildman–Crippen MR) is 89.4 cm³/mol. The zero-order valence-corrected chi connectivity index (χ0v) is 12.8. The van der Waals surface area contributed by atoms with Crippen molar-refractivity contribution in [3.63, 3.8) is 0 Å². The summed E-state index contributed by atoms with van der Waals surface area (Å²) < 4.78 is 0. The van der Waals surface area contributed by atoms with Crippen LogP contribution in [0.25, 0.3) is 10.9 Å². The summed E-state index contributed by atoms with van der Waals surface area (Å²) in [4.78, 5) is 3.33. The molecule has 0 aliphatic heterocycles. The van der Waals surface area contributed by atoms with Gasteiger partial charge in [0.25, 0.3) is 0 Å². The molecule has 1 fully saturated rings. The van der Waals surface area contributed by atoms with Gasteiger partial charge in [0.05, 0.1) is 0 Å². The molecule has 0 amide bonds. The SMILES string of the molecule is NC(CNCC1CCCCC1)Cc1c[nH]c2ccccc12. The molecule has 1 heterocycles. The molecule has 1 aliphatic rings. The molecule has 1 saturated carbocycles. The minimum Gasteiger partial charge on any atom is -0.361 e. The Hall–Kier alpha value is -1.32. The first-order valence-electron chi connectivity index (χ1n) is 8.34. The van der Waals surface area contributed by atoms with Crippen LogP contribution in [0.5, 0.6) is 0 Å². The maximum atomic E-state index is 6.30. The van der Waals surface area contributed by atoms with Crippen LogP contribution < -0.4 is 11.1 Å². The third-order valence-electron chi connectivity index (χ3n) is 4.72. The summed E-state index contributed by atoms with van der Waals surface area (Å²) in [5, 5.41) is 4.89. The van der Waals surface area contributed by atoms with Crippen molar-refractivity contribution in [2.75, 3.05) is 13.1 Å². The van der Waals surface area contributed by atoms with E-state index in [0.717, 1.165) is 25.4 Å². The van der Waals surface area contributed by atoms with Crippen molar-refractivity contribution in [1.82, 2.24) is 10.3 Å². The van der Waals surface area contributed by atoms with Crippen molar-refractivity contribution in [3.8, 4) is 0 Å². The molecule has 21 heavy (non-hydrogen) atoms. The number of nitrogens with one attached hydrogen (secondary N) is 2. The zero-order valence-electron chi connectivity index (χ0n) is 12.8. The molecule has 1 aromatic heterocycles. The lowest BCUT2D eigenvalue weighted by molar-refractivity contribution is 0.339. The zero-order chi connectivity index (χ0) is 14.5. The number of benzene rings is 1. The van der Waals surface area contributed by atoms with E-state index in [2.05, 4.69) is 40.8 Å². The molecule has 0 spiro atoms. The van der Waals surface area contributed by atoms with Crippen LogP contribution in [-0.4, -0.2) is 24.1 Å². The van der Waals surface area contributed by atoms with E-state index in [4.69, 9.17) is 5.73 Å². The first kappa shape index (κ1) is 14.6. The number of H-pyrrole nitrogens is 1. The Bertz CT molecular complexity index is 554. The van der Waals surface area contributed by atoms with Gasteiger partial charge in [-0.3, -0.25) is 0 Å². The Balaban J connectivity index is 1.46. The van der Waals surface area contributed by atoms with E-state index in [1.807, 2.05) is 0 Å². The number of aromatic amines is 1. The van der Waals surface area contributed by atoms with E-state index in [0.29, 0.717) is 0 Å². The average molecular weight is 285 g/mol. The first-order chi connectivity index (χ1) is 10.3. The van der Waals surface area contributed by atoms with Crippen molar-refractivity contribution in [1.29, 1.82) is 0 Å². The van der Waals surface area contributed by atoms with Crippen molar-refractivity contribution in [3.05, 3.63) is 36.0 Å². The van der Waals surface area contributed by atoms with E-state index in [1.54, 1.807) is 0 Å². The van der Waals surface area contributed by atoms with Crippen molar-refractivity contribution >= 4 is 10.9 Å². The van der Waals surface area contributed by atoms with Gasteiger partial charge in [0.15, 0.2) is 0 Å². The molecule has 0 radical (unpaired) electrons. The predicted octanol–water partition coefficient (Wildman–Crippen LogP) is 3.21. The van der Waals surface area contributed by atoms with Crippen LogP contribution in [-0.2, 0) is 6.42 Å². The molecule has 1 aliphatic carbocycles. The number of aromatic nitrogens is 1. The lowest BCUT2D eigenvalue weighted by Gasteiger charge is -2.22. The highest BCUT2D eigenvalue weighted by molar-refractivity contribution is 5.83. The van der Waals surface area contributed by atoms with Crippen LogP contribution in [0.1, 0.15) is 37.7 Å². The Morgan fingerprint density at radius 2 is 2.00 bits per heavy atom. The van der Waals surface area contributed by atoms with Gasteiger partial charge in [0.1, 0.15) is 0 Å². The van der Waals surface area contributed by atoms with Gasteiger partial charge in [-0.1, -0.05) is 37.5 Å². The number of nitrogens with two attached hydrogens (primary N) is 1. The van der Waals surface area contributed by atoms with E-state index < -0.39 is 0 Å². The molecule has 2 aromatic rings. The summed E-state index contributed by atoms with van der Waals surface area (Å²) in [6.07, 6.45) is 10.1. The molecule has 1 unspecified atom stereocenters. The molecule has 114 valence electrons. The van der Waals surface area contributed by atoms with Gasteiger partial charge in [-0.25, -0.2) is 0 Å². The number of hydrogen-bond acceptors (Lipinski definition) is 2. The minimum absolute atomic E-state index is 0.188. The molecular weight excluding hydrogens is 258 g/mol. The van der Waals surface area contributed by atoms with Crippen molar-refractivity contribution < 1.29 is 0 Å². The number of rotatable bonds is 6. The monoisotopic (exact) mass is 285 g/mol. The van der Waals surface area contributed by atoms with E-state index in [-0.39, 0.29) is 6.04 Å². The Morgan fingerprint density at radius 3 is 2.86 bits per heavy atom. The average Bonchev–Trinajstić information content (AvgIpc) is 2.92. The third-order valence-corrected chi connectivity index (χ3v) is 4.72. The summed E-state index contributed by atoms with van der Waals surface area (Å²) in [7, 11) is 0. The molecule has 1 aromatic carbocycles. The van der Waals surface area contributed by atoms with Crippen LogP contribution >= 0.6 is 0 Å². The second kappa shape index (κ2) is 7.10. The standard InChI is InChI=1S/C18H27N3/c19-16(13-20-11-14-6-2-1-3-7-14)10-15-12-21-18-9-5-4-8-17(15)18/h4-5,8-9,12,14,16,20-21H,1-3,6-7,10-11,13,19H2. The van der Waals surface area contributed by atoms with Crippen LogP contribution in [0.3, 0.4) is 0 Å². The first-order valence-corrected chi connectivity index (χ1v) is 8.34. The van der Waals surface area contributed by atoms with Gasteiger partial charge in [0, 0.05) is 29.7 Å². The molecule has 3 nitrogen and oxygen atoms in total. The van der Waals surface area contributed by atoms with Gasteiger partial charge in [-0.05, 0) is 43.4 Å². The Morgan fingerprint density at radius 1 is 1.19 bits per heavy atom.